The predicted molar refractivity (Wildman–Crippen MR) is 93.5 cm³/mol. The molecule has 130 valence electrons. The molecule has 2 heterocycles. The minimum absolute atomic E-state index is 0.0319. The Hall–Kier alpha value is -2.83. The van der Waals surface area contributed by atoms with Crippen LogP contribution in [-0.4, -0.2) is 45.2 Å². The van der Waals surface area contributed by atoms with Crippen molar-refractivity contribution in [3.05, 3.63) is 42.7 Å². The molecule has 2 N–H and O–H groups in total. The van der Waals surface area contributed by atoms with Gasteiger partial charge in [-0.25, -0.2) is 9.48 Å². The minimum atomic E-state index is -0.377. The number of urea groups is 1. The molecular weight excluding hydrogens is 318 g/mol. The van der Waals surface area contributed by atoms with E-state index in [0.717, 1.165) is 24.9 Å². The molecule has 1 saturated carbocycles. The smallest absolute Gasteiger partial charge is 0.322 e. The molecule has 2 aliphatic rings. The van der Waals surface area contributed by atoms with Crippen LogP contribution in [0.1, 0.15) is 25.7 Å². The van der Waals surface area contributed by atoms with E-state index < -0.39 is 0 Å². The summed E-state index contributed by atoms with van der Waals surface area (Å²) in [4.78, 5) is 26.8. The van der Waals surface area contributed by atoms with E-state index in [2.05, 4.69) is 15.7 Å². The number of hydrogen-bond acceptors (Lipinski definition) is 3. The molecule has 2 fully saturated rings. The van der Waals surface area contributed by atoms with Gasteiger partial charge in [0.2, 0.25) is 5.91 Å². The molecule has 4 rings (SSSR count). The summed E-state index contributed by atoms with van der Waals surface area (Å²) in [5, 5.41) is 10.2. The highest BCUT2D eigenvalue weighted by Crippen LogP contribution is 2.24. The summed E-state index contributed by atoms with van der Waals surface area (Å²) in [5.41, 5.74) is 1.46. The number of nitrogens with one attached hydrogen (secondary N) is 2. The second-order valence-electron chi connectivity index (χ2n) is 6.53. The Bertz CT molecular complexity index is 770. The third-order valence-corrected chi connectivity index (χ3v) is 4.64. The van der Waals surface area contributed by atoms with Crippen LogP contribution in [0.15, 0.2) is 42.7 Å². The first-order valence-electron chi connectivity index (χ1n) is 8.69. The molecule has 2 aromatic rings. The number of carbonyl (C=O) groups is 2. The zero-order valence-corrected chi connectivity index (χ0v) is 13.9. The normalized spacial score (nSPS) is 19.7. The first-order chi connectivity index (χ1) is 12.2. The largest absolute Gasteiger partial charge is 0.352 e. The van der Waals surface area contributed by atoms with Gasteiger partial charge in [0, 0.05) is 25.0 Å². The van der Waals surface area contributed by atoms with Crippen molar-refractivity contribution < 1.29 is 9.59 Å². The van der Waals surface area contributed by atoms with Crippen molar-refractivity contribution in [1.29, 1.82) is 0 Å². The van der Waals surface area contributed by atoms with Gasteiger partial charge >= 0.3 is 6.03 Å². The molecule has 1 aromatic heterocycles. The Labute approximate surface area is 146 Å². The van der Waals surface area contributed by atoms with Gasteiger partial charge in [0.15, 0.2) is 0 Å². The average molecular weight is 339 g/mol. The molecule has 1 atom stereocenters. The van der Waals surface area contributed by atoms with Crippen LogP contribution in [0.25, 0.3) is 5.69 Å². The second kappa shape index (κ2) is 6.58. The van der Waals surface area contributed by atoms with Crippen LogP contribution in [0, 0.1) is 0 Å². The van der Waals surface area contributed by atoms with Crippen LogP contribution in [0.4, 0.5) is 10.5 Å². The van der Waals surface area contributed by atoms with E-state index in [-0.39, 0.29) is 18.0 Å². The summed E-state index contributed by atoms with van der Waals surface area (Å²) in [5.74, 6) is -0.0319. The summed E-state index contributed by atoms with van der Waals surface area (Å²) < 4.78 is 1.71. The maximum atomic E-state index is 12.8. The van der Waals surface area contributed by atoms with Crippen LogP contribution >= 0.6 is 0 Å². The molecule has 7 nitrogen and oxygen atoms in total. The Morgan fingerprint density at radius 1 is 1.12 bits per heavy atom. The van der Waals surface area contributed by atoms with Gasteiger partial charge in [-0.05, 0) is 43.9 Å². The molecule has 3 amide bonds. The first-order valence-corrected chi connectivity index (χ1v) is 8.69. The number of likely N-dealkylation sites (tertiary alicyclic amines) is 1. The maximum Gasteiger partial charge on any atom is 0.322 e. The van der Waals surface area contributed by atoms with Crippen LogP contribution in [0.3, 0.4) is 0 Å². The maximum absolute atomic E-state index is 12.8. The molecule has 25 heavy (non-hydrogen) atoms. The number of benzene rings is 1. The molecule has 0 spiro atoms. The number of anilines is 1. The van der Waals surface area contributed by atoms with E-state index in [0.29, 0.717) is 24.7 Å². The number of para-hydroxylation sites is 2. The SMILES string of the molecule is O=C(NC1CC1)[C@H]1CCCN1C(=O)Nc1ccccc1-n1cccn1. The molecule has 1 aromatic carbocycles. The van der Waals surface area contributed by atoms with E-state index in [4.69, 9.17) is 0 Å². The van der Waals surface area contributed by atoms with Crippen LogP contribution < -0.4 is 10.6 Å². The number of rotatable bonds is 4. The summed E-state index contributed by atoms with van der Waals surface area (Å²) in [7, 11) is 0. The van der Waals surface area contributed by atoms with Gasteiger partial charge < -0.3 is 15.5 Å². The molecule has 0 unspecified atom stereocenters. The van der Waals surface area contributed by atoms with Gasteiger partial charge in [-0.1, -0.05) is 12.1 Å². The fourth-order valence-corrected chi connectivity index (χ4v) is 3.18. The lowest BCUT2D eigenvalue weighted by Crippen LogP contribution is -2.48. The standard InChI is InChI=1S/C18H21N5O2/c24-17(20-13-8-9-13)16-7-3-11-22(16)18(25)21-14-5-1-2-6-15(14)23-12-4-10-19-23/h1-2,4-6,10,12-13,16H,3,7-9,11H2,(H,20,24)(H,21,25)/t16-/m1/s1. The Morgan fingerprint density at radius 3 is 2.72 bits per heavy atom. The fourth-order valence-electron chi connectivity index (χ4n) is 3.18. The van der Waals surface area contributed by atoms with Crippen LogP contribution in [0.5, 0.6) is 0 Å². The van der Waals surface area contributed by atoms with Crippen molar-refractivity contribution in [1.82, 2.24) is 20.0 Å². The summed E-state index contributed by atoms with van der Waals surface area (Å²) in [6.45, 7) is 0.596. The van der Waals surface area contributed by atoms with Gasteiger partial charge in [0.1, 0.15) is 6.04 Å². The molecule has 1 saturated heterocycles. The summed E-state index contributed by atoms with van der Waals surface area (Å²) in [6.07, 6.45) is 7.16. The highest BCUT2D eigenvalue weighted by Gasteiger charge is 2.36. The third-order valence-electron chi connectivity index (χ3n) is 4.64. The van der Waals surface area contributed by atoms with Gasteiger partial charge in [-0.15, -0.1) is 0 Å². The van der Waals surface area contributed by atoms with Gasteiger partial charge in [-0.2, -0.15) is 5.10 Å². The number of amides is 3. The van der Waals surface area contributed by atoms with E-state index in [9.17, 15) is 9.59 Å². The van der Waals surface area contributed by atoms with Gasteiger partial charge in [-0.3, -0.25) is 4.79 Å². The molecule has 0 bridgehead atoms. The van der Waals surface area contributed by atoms with E-state index in [1.165, 1.54) is 0 Å². The molecule has 1 aliphatic heterocycles. The van der Waals surface area contributed by atoms with Gasteiger partial charge in [0.25, 0.3) is 0 Å². The molecule has 1 aliphatic carbocycles. The number of hydrogen-bond donors (Lipinski definition) is 2. The topological polar surface area (TPSA) is 79.3 Å². The van der Waals surface area contributed by atoms with Crippen molar-refractivity contribution in [3.63, 3.8) is 0 Å². The van der Waals surface area contributed by atoms with E-state index >= 15 is 0 Å². The predicted octanol–water partition coefficient (Wildman–Crippen LogP) is 2.15. The first kappa shape index (κ1) is 15.7. The average Bonchev–Trinajstić information content (AvgIpc) is 3.10. The van der Waals surface area contributed by atoms with Crippen LogP contribution in [-0.2, 0) is 4.79 Å². The van der Waals surface area contributed by atoms with Crippen molar-refractivity contribution in [2.75, 3.05) is 11.9 Å². The fraction of sp³-hybridized carbons (Fsp3) is 0.389. The summed E-state index contributed by atoms with van der Waals surface area (Å²) >= 11 is 0. The van der Waals surface area contributed by atoms with Crippen molar-refractivity contribution in [3.8, 4) is 5.69 Å². The van der Waals surface area contributed by atoms with E-state index in [1.54, 1.807) is 15.8 Å². The monoisotopic (exact) mass is 339 g/mol. The van der Waals surface area contributed by atoms with E-state index in [1.807, 2.05) is 36.5 Å². The van der Waals surface area contributed by atoms with Crippen molar-refractivity contribution in [2.24, 2.45) is 0 Å². The molecule has 0 radical (unpaired) electrons. The highest BCUT2D eigenvalue weighted by molar-refractivity contribution is 5.95. The lowest BCUT2D eigenvalue weighted by molar-refractivity contribution is -0.124. The molecular formula is C18H21N5O2. The van der Waals surface area contributed by atoms with Crippen LogP contribution in [0.2, 0.25) is 0 Å². The lowest BCUT2D eigenvalue weighted by Gasteiger charge is -2.24. The quantitative estimate of drug-likeness (QED) is 0.896. The number of aromatic nitrogens is 2. The van der Waals surface area contributed by atoms with Crippen molar-refractivity contribution in [2.45, 2.75) is 37.8 Å². The number of nitrogens with zero attached hydrogens (tertiary/aromatic N) is 3. The molecule has 7 heteroatoms. The lowest BCUT2D eigenvalue weighted by atomic mass is 10.2. The Morgan fingerprint density at radius 2 is 1.96 bits per heavy atom. The van der Waals surface area contributed by atoms with Gasteiger partial charge in [0.05, 0.1) is 11.4 Å². The Kier molecular flexibility index (Phi) is 4.13. The zero-order valence-electron chi connectivity index (χ0n) is 13.9. The third kappa shape index (κ3) is 3.35. The Balaban J connectivity index is 1.49. The highest BCUT2D eigenvalue weighted by atomic mass is 16.2. The zero-order chi connectivity index (χ0) is 17.2. The second-order valence-corrected chi connectivity index (χ2v) is 6.53. The summed E-state index contributed by atoms with van der Waals surface area (Å²) in [6, 6.07) is 9.01. The number of carbonyl (C=O) groups excluding carboxylic acids is 2. The minimum Gasteiger partial charge on any atom is -0.352 e. The van der Waals surface area contributed by atoms with Crippen molar-refractivity contribution >= 4 is 17.6 Å².